The first kappa shape index (κ1) is 14.3. The van der Waals surface area contributed by atoms with Gasteiger partial charge in [0.25, 0.3) is 0 Å². The molecule has 0 unspecified atom stereocenters. The molecule has 2 heteroatoms. The van der Waals surface area contributed by atoms with Crippen molar-refractivity contribution in [1.82, 2.24) is 9.80 Å². The molecule has 0 aromatic carbocycles. The number of piperidine rings is 2. The van der Waals surface area contributed by atoms with Crippen molar-refractivity contribution < 1.29 is 0 Å². The molecule has 1 aliphatic carbocycles. The fraction of sp³-hybridized carbons (Fsp3) is 1.00. The van der Waals surface area contributed by atoms with Crippen molar-refractivity contribution in [3.05, 3.63) is 0 Å². The first-order valence-electron chi connectivity index (χ1n) is 8.17. The van der Waals surface area contributed by atoms with E-state index >= 15 is 0 Å². The maximum Gasteiger partial charge on any atom is 0.00359 e. The van der Waals surface area contributed by atoms with Gasteiger partial charge in [0.1, 0.15) is 0 Å². The van der Waals surface area contributed by atoms with Crippen molar-refractivity contribution in [3.8, 4) is 0 Å². The Bertz CT molecular complexity index is 239. The van der Waals surface area contributed by atoms with Gasteiger partial charge in [-0.05, 0) is 76.5 Å². The molecule has 3 fully saturated rings. The highest BCUT2D eigenvalue weighted by atomic mass is 15.2. The summed E-state index contributed by atoms with van der Waals surface area (Å²) in [5.41, 5.74) is 0.701. The van der Waals surface area contributed by atoms with Crippen LogP contribution in [-0.4, -0.2) is 49.6 Å². The van der Waals surface area contributed by atoms with Crippen LogP contribution in [0.1, 0.15) is 52.4 Å². The van der Waals surface area contributed by atoms with E-state index < -0.39 is 0 Å². The topological polar surface area (TPSA) is 6.48 Å². The Morgan fingerprint density at radius 2 is 1.67 bits per heavy atom. The minimum atomic E-state index is 0.701. The number of hydrogen-bond donors (Lipinski definition) is 0. The number of rotatable bonds is 2. The molecule has 2 heterocycles. The van der Waals surface area contributed by atoms with Crippen LogP contribution >= 0.6 is 0 Å². The minimum Gasteiger partial charge on any atom is -0.306 e. The highest BCUT2D eigenvalue weighted by Gasteiger charge is 2.38. The van der Waals surface area contributed by atoms with Gasteiger partial charge in [0.15, 0.2) is 0 Å². The maximum atomic E-state index is 2.73. The monoisotopic (exact) mass is 252 g/mol. The third kappa shape index (κ3) is 3.71. The SMILES string of the molecule is CC.CN1CCCC2(CCN(CC3CC3)CC2)C1. The Morgan fingerprint density at radius 3 is 2.22 bits per heavy atom. The molecular formula is C16H32N2. The van der Waals surface area contributed by atoms with Gasteiger partial charge in [-0.15, -0.1) is 0 Å². The van der Waals surface area contributed by atoms with E-state index in [1.54, 1.807) is 0 Å². The first-order valence-corrected chi connectivity index (χ1v) is 8.17. The van der Waals surface area contributed by atoms with Gasteiger partial charge in [0.2, 0.25) is 0 Å². The van der Waals surface area contributed by atoms with Gasteiger partial charge in [-0.3, -0.25) is 0 Å². The second-order valence-corrected chi connectivity index (χ2v) is 6.59. The zero-order valence-electron chi connectivity index (χ0n) is 12.7. The molecule has 2 aliphatic heterocycles. The zero-order valence-corrected chi connectivity index (χ0v) is 12.7. The lowest BCUT2D eigenvalue weighted by molar-refractivity contribution is 0.0329. The Balaban J connectivity index is 0.000000574. The summed E-state index contributed by atoms with van der Waals surface area (Å²) in [6.07, 6.45) is 8.86. The lowest BCUT2D eigenvalue weighted by Crippen LogP contribution is -2.48. The highest BCUT2D eigenvalue weighted by molar-refractivity contribution is 4.91. The van der Waals surface area contributed by atoms with E-state index in [2.05, 4.69) is 16.8 Å². The molecule has 3 rings (SSSR count). The maximum absolute atomic E-state index is 2.73. The molecule has 1 saturated carbocycles. The van der Waals surface area contributed by atoms with Crippen LogP contribution in [0.25, 0.3) is 0 Å². The van der Waals surface area contributed by atoms with Crippen molar-refractivity contribution in [1.29, 1.82) is 0 Å². The van der Waals surface area contributed by atoms with E-state index in [4.69, 9.17) is 0 Å². The van der Waals surface area contributed by atoms with Crippen LogP contribution in [0.4, 0.5) is 0 Å². The lowest BCUT2D eigenvalue weighted by atomic mass is 9.72. The Hall–Kier alpha value is -0.0800. The molecule has 0 atom stereocenters. The van der Waals surface area contributed by atoms with E-state index in [0.717, 1.165) is 5.92 Å². The van der Waals surface area contributed by atoms with E-state index in [9.17, 15) is 0 Å². The molecule has 2 nitrogen and oxygen atoms in total. The van der Waals surface area contributed by atoms with Crippen LogP contribution in [0.2, 0.25) is 0 Å². The zero-order chi connectivity index (χ0) is 13.0. The van der Waals surface area contributed by atoms with Crippen molar-refractivity contribution in [2.45, 2.75) is 52.4 Å². The van der Waals surface area contributed by atoms with Crippen molar-refractivity contribution in [2.75, 3.05) is 39.8 Å². The number of hydrogen-bond acceptors (Lipinski definition) is 2. The molecule has 0 aromatic heterocycles. The summed E-state index contributed by atoms with van der Waals surface area (Å²) in [5, 5.41) is 0. The molecule has 0 N–H and O–H groups in total. The summed E-state index contributed by atoms with van der Waals surface area (Å²) >= 11 is 0. The summed E-state index contributed by atoms with van der Waals surface area (Å²) in [6.45, 7) is 10.9. The fourth-order valence-electron chi connectivity index (χ4n) is 3.74. The molecule has 0 amide bonds. The predicted molar refractivity (Wildman–Crippen MR) is 78.9 cm³/mol. The van der Waals surface area contributed by atoms with Crippen LogP contribution in [0.15, 0.2) is 0 Å². The molecule has 18 heavy (non-hydrogen) atoms. The summed E-state index contributed by atoms with van der Waals surface area (Å²) < 4.78 is 0. The third-order valence-corrected chi connectivity index (χ3v) is 4.98. The Kier molecular flexibility index (Phi) is 5.08. The summed E-state index contributed by atoms with van der Waals surface area (Å²) in [6, 6.07) is 0. The highest BCUT2D eigenvalue weighted by Crippen LogP contribution is 2.40. The quantitative estimate of drug-likeness (QED) is 0.744. The molecule has 106 valence electrons. The Labute approximate surface area is 114 Å². The van der Waals surface area contributed by atoms with Gasteiger partial charge in [-0.1, -0.05) is 13.8 Å². The normalized spacial score (nSPS) is 28.8. The molecule has 3 aliphatic rings. The van der Waals surface area contributed by atoms with Gasteiger partial charge in [0, 0.05) is 13.1 Å². The number of likely N-dealkylation sites (tertiary alicyclic amines) is 2. The van der Waals surface area contributed by atoms with E-state index in [-0.39, 0.29) is 0 Å². The summed E-state index contributed by atoms with van der Waals surface area (Å²) in [7, 11) is 2.30. The fourth-order valence-corrected chi connectivity index (χ4v) is 3.74. The van der Waals surface area contributed by atoms with Crippen LogP contribution < -0.4 is 0 Å². The van der Waals surface area contributed by atoms with Crippen LogP contribution in [-0.2, 0) is 0 Å². The van der Waals surface area contributed by atoms with Crippen molar-refractivity contribution in [3.63, 3.8) is 0 Å². The molecule has 0 aromatic rings. The largest absolute Gasteiger partial charge is 0.306 e. The second-order valence-electron chi connectivity index (χ2n) is 6.59. The molecule has 1 spiro atoms. The third-order valence-electron chi connectivity index (χ3n) is 4.98. The first-order chi connectivity index (χ1) is 8.76. The van der Waals surface area contributed by atoms with E-state index in [0.29, 0.717) is 5.41 Å². The number of nitrogens with zero attached hydrogens (tertiary/aromatic N) is 2. The van der Waals surface area contributed by atoms with Gasteiger partial charge >= 0.3 is 0 Å². The van der Waals surface area contributed by atoms with Crippen LogP contribution in [0.5, 0.6) is 0 Å². The van der Waals surface area contributed by atoms with Gasteiger partial charge in [-0.2, -0.15) is 0 Å². The summed E-state index contributed by atoms with van der Waals surface area (Å²) in [4.78, 5) is 5.29. The lowest BCUT2D eigenvalue weighted by Gasteiger charge is -2.47. The minimum absolute atomic E-state index is 0.701. The van der Waals surface area contributed by atoms with E-state index in [1.807, 2.05) is 13.8 Å². The van der Waals surface area contributed by atoms with Crippen molar-refractivity contribution in [2.24, 2.45) is 11.3 Å². The molecule has 0 radical (unpaired) electrons. The average Bonchev–Trinajstić information content (AvgIpc) is 3.19. The summed E-state index contributed by atoms with van der Waals surface area (Å²) in [5.74, 6) is 1.07. The molecule has 0 bridgehead atoms. The molecular weight excluding hydrogens is 220 g/mol. The second kappa shape index (κ2) is 6.38. The van der Waals surface area contributed by atoms with Crippen LogP contribution in [0.3, 0.4) is 0 Å². The van der Waals surface area contributed by atoms with Gasteiger partial charge < -0.3 is 9.80 Å². The predicted octanol–water partition coefficient (Wildman–Crippen LogP) is 3.23. The van der Waals surface area contributed by atoms with E-state index in [1.165, 1.54) is 71.2 Å². The smallest absolute Gasteiger partial charge is 0.00359 e. The average molecular weight is 252 g/mol. The van der Waals surface area contributed by atoms with Gasteiger partial charge in [-0.25, -0.2) is 0 Å². The standard InChI is InChI=1S/C14H26N2.C2H6/c1-15-8-2-5-14(12-15)6-9-16(10-7-14)11-13-3-4-13;1-2/h13H,2-12H2,1H3;1-2H3. The van der Waals surface area contributed by atoms with Gasteiger partial charge in [0.05, 0.1) is 0 Å². The van der Waals surface area contributed by atoms with Crippen molar-refractivity contribution >= 4 is 0 Å². The molecule has 2 saturated heterocycles. The Morgan fingerprint density at radius 1 is 1.00 bits per heavy atom. The van der Waals surface area contributed by atoms with Crippen LogP contribution in [0, 0.1) is 11.3 Å².